The molecule has 0 saturated carbocycles. The van der Waals surface area contributed by atoms with Gasteiger partial charge in [0.25, 0.3) is 5.91 Å². The lowest BCUT2D eigenvalue weighted by Gasteiger charge is -2.11. The molecule has 0 unspecified atom stereocenters. The Kier molecular flexibility index (Phi) is 3.97. The van der Waals surface area contributed by atoms with E-state index in [0.29, 0.717) is 30.1 Å². The van der Waals surface area contributed by atoms with Crippen LogP contribution in [-0.4, -0.2) is 34.6 Å². The summed E-state index contributed by atoms with van der Waals surface area (Å²) in [4.78, 5) is 12.1. The van der Waals surface area contributed by atoms with E-state index in [1.54, 1.807) is 35.3 Å². The second-order valence-corrected chi connectivity index (χ2v) is 3.85. The third kappa shape index (κ3) is 3.01. The van der Waals surface area contributed by atoms with E-state index < -0.39 is 0 Å². The summed E-state index contributed by atoms with van der Waals surface area (Å²) in [6.07, 6.45) is 3.31. The summed E-state index contributed by atoms with van der Waals surface area (Å²) in [5, 5.41) is 10.2. The Morgan fingerprint density at radius 1 is 1.53 bits per heavy atom. The Morgan fingerprint density at radius 3 is 3.05 bits per heavy atom. The van der Waals surface area contributed by atoms with Crippen molar-refractivity contribution in [1.82, 2.24) is 20.3 Å². The number of aromatic nitrogens is 3. The maximum Gasteiger partial charge on any atom is 0.257 e. The van der Waals surface area contributed by atoms with Gasteiger partial charge in [-0.25, -0.2) is 0 Å². The highest BCUT2D eigenvalue weighted by Gasteiger charge is 2.14. The molecule has 0 radical (unpaired) electrons. The van der Waals surface area contributed by atoms with Crippen molar-refractivity contribution >= 4 is 11.6 Å². The molecule has 0 aliphatic heterocycles. The Morgan fingerprint density at radius 2 is 2.37 bits per heavy atom. The number of hydrogen-bond acceptors (Lipinski definition) is 5. The van der Waals surface area contributed by atoms with Crippen LogP contribution in [0.25, 0.3) is 0 Å². The molecule has 7 nitrogen and oxygen atoms in total. The molecule has 0 aliphatic rings. The van der Waals surface area contributed by atoms with E-state index in [2.05, 4.69) is 15.6 Å². The lowest BCUT2D eigenvalue weighted by molar-refractivity contribution is 0.0950. The average Bonchev–Trinajstić information content (AvgIpc) is 2.91. The zero-order valence-corrected chi connectivity index (χ0v) is 10.5. The van der Waals surface area contributed by atoms with Gasteiger partial charge in [-0.15, -0.1) is 5.10 Å². The number of rotatable bonds is 5. The van der Waals surface area contributed by atoms with Gasteiger partial charge in [0.2, 0.25) is 0 Å². The van der Waals surface area contributed by atoms with Crippen LogP contribution in [0, 0.1) is 0 Å². The van der Waals surface area contributed by atoms with Gasteiger partial charge in [0.05, 0.1) is 19.9 Å². The van der Waals surface area contributed by atoms with E-state index >= 15 is 0 Å². The van der Waals surface area contributed by atoms with Crippen LogP contribution < -0.4 is 15.8 Å². The van der Waals surface area contributed by atoms with Crippen LogP contribution in [-0.2, 0) is 6.54 Å². The number of nitrogens with one attached hydrogen (secondary N) is 1. The first-order valence-corrected chi connectivity index (χ1v) is 5.77. The number of methoxy groups -OCH3 is 1. The SMILES string of the molecule is COc1cccc(N)c1C(=O)NCCn1ccnn1. The number of anilines is 1. The molecule has 1 aromatic heterocycles. The number of carbonyl (C=O) groups is 1. The number of amides is 1. The minimum Gasteiger partial charge on any atom is -0.496 e. The summed E-state index contributed by atoms with van der Waals surface area (Å²) in [7, 11) is 1.50. The topological polar surface area (TPSA) is 95.1 Å². The Bertz CT molecular complexity index is 553. The maximum atomic E-state index is 12.1. The van der Waals surface area contributed by atoms with Crippen LogP contribution in [0.3, 0.4) is 0 Å². The van der Waals surface area contributed by atoms with Gasteiger partial charge in [0.15, 0.2) is 0 Å². The largest absolute Gasteiger partial charge is 0.496 e. The van der Waals surface area contributed by atoms with Crippen LogP contribution >= 0.6 is 0 Å². The molecule has 0 aliphatic carbocycles. The molecule has 0 fully saturated rings. The van der Waals surface area contributed by atoms with Crippen molar-refractivity contribution in [2.24, 2.45) is 0 Å². The van der Waals surface area contributed by atoms with Gasteiger partial charge in [0.1, 0.15) is 11.3 Å². The van der Waals surface area contributed by atoms with Crippen molar-refractivity contribution in [3.05, 3.63) is 36.2 Å². The van der Waals surface area contributed by atoms with Crippen molar-refractivity contribution in [2.75, 3.05) is 19.4 Å². The predicted octanol–water partition coefficient (Wildman–Crippen LogP) is 0.299. The van der Waals surface area contributed by atoms with Crippen molar-refractivity contribution in [3.8, 4) is 5.75 Å². The second kappa shape index (κ2) is 5.85. The Hall–Kier alpha value is -2.57. The van der Waals surface area contributed by atoms with Crippen molar-refractivity contribution < 1.29 is 9.53 Å². The first-order valence-electron chi connectivity index (χ1n) is 5.77. The minimum atomic E-state index is -0.268. The van der Waals surface area contributed by atoms with Crippen molar-refractivity contribution in [3.63, 3.8) is 0 Å². The summed E-state index contributed by atoms with van der Waals surface area (Å²) in [5.74, 6) is 0.188. The molecule has 100 valence electrons. The molecule has 19 heavy (non-hydrogen) atoms. The molecule has 2 aromatic rings. The van der Waals surface area contributed by atoms with E-state index in [-0.39, 0.29) is 5.91 Å². The number of nitrogen functional groups attached to an aromatic ring is 1. The monoisotopic (exact) mass is 261 g/mol. The number of ether oxygens (including phenoxy) is 1. The minimum absolute atomic E-state index is 0.268. The van der Waals surface area contributed by atoms with E-state index in [4.69, 9.17) is 10.5 Å². The standard InChI is InChI=1S/C12H15N5O2/c1-19-10-4-2-3-9(13)11(10)12(18)14-5-7-17-8-6-15-16-17/h2-4,6,8H,5,7,13H2,1H3,(H,14,18). The molecule has 7 heteroatoms. The molecule has 2 rings (SSSR count). The molecular formula is C12H15N5O2. The first kappa shape index (κ1) is 12.9. The van der Waals surface area contributed by atoms with Gasteiger partial charge in [0, 0.05) is 18.4 Å². The molecule has 1 amide bonds. The lowest BCUT2D eigenvalue weighted by Crippen LogP contribution is -2.28. The molecule has 0 spiro atoms. The number of hydrogen-bond donors (Lipinski definition) is 2. The Labute approximate surface area is 110 Å². The third-order valence-corrected chi connectivity index (χ3v) is 2.60. The van der Waals surface area contributed by atoms with Crippen LogP contribution in [0.4, 0.5) is 5.69 Å². The highest BCUT2D eigenvalue weighted by atomic mass is 16.5. The van der Waals surface area contributed by atoms with Gasteiger partial charge in [-0.3, -0.25) is 9.48 Å². The smallest absolute Gasteiger partial charge is 0.257 e. The predicted molar refractivity (Wildman–Crippen MR) is 69.8 cm³/mol. The molecule has 1 aromatic carbocycles. The lowest BCUT2D eigenvalue weighted by atomic mass is 10.1. The van der Waals surface area contributed by atoms with E-state index in [1.165, 1.54) is 7.11 Å². The fourth-order valence-electron chi connectivity index (χ4n) is 1.69. The third-order valence-electron chi connectivity index (χ3n) is 2.60. The van der Waals surface area contributed by atoms with Gasteiger partial charge >= 0.3 is 0 Å². The maximum absolute atomic E-state index is 12.1. The number of carbonyl (C=O) groups excluding carboxylic acids is 1. The zero-order chi connectivity index (χ0) is 13.7. The Balaban J connectivity index is 2.00. The van der Waals surface area contributed by atoms with E-state index in [0.717, 1.165) is 0 Å². The zero-order valence-electron chi connectivity index (χ0n) is 10.5. The highest BCUT2D eigenvalue weighted by Crippen LogP contribution is 2.23. The quantitative estimate of drug-likeness (QED) is 0.755. The van der Waals surface area contributed by atoms with Gasteiger partial charge in [-0.2, -0.15) is 0 Å². The van der Waals surface area contributed by atoms with Gasteiger partial charge in [-0.05, 0) is 12.1 Å². The molecule has 1 heterocycles. The summed E-state index contributed by atoms with van der Waals surface area (Å²) in [6, 6.07) is 5.10. The van der Waals surface area contributed by atoms with Crippen LogP contribution in [0.5, 0.6) is 5.75 Å². The van der Waals surface area contributed by atoms with Crippen molar-refractivity contribution in [2.45, 2.75) is 6.54 Å². The van der Waals surface area contributed by atoms with Gasteiger partial charge in [-0.1, -0.05) is 11.3 Å². The highest BCUT2D eigenvalue weighted by molar-refractivity contribution is 6.01. The molecule has 0 bridgehead atoms. The summed E-state index contributed by atoms with van der Waals surface area (Å²) >= 11 is 0. The molecular weight excluding hydrogens is 246 g/mol. The van der Waals surface area contributed by atoms with Crippen LogP contribution in [0.1, 0.15) is 10.4 Å². The fraction of sp³-hybridized carbons (Fsp3) is 0.250. The average molecular weight is 261 g/mol. The molecule has 3 N–H and O–H groups in total. The van der Waals surface area contributed by atoms with E-state index in [9.17, 15) is 4.79 Å². The van der Waals surface area contributed by atoms with E-state index in [1.807, 2.05) is 0 Å². The fourth-order valence-corrected chi connectivity index (χ4v) is 1.69. The summed E-state index contributed by atoms with van der Waals surface area (Å²) < 4.78 is 6.76. The molecule has 0 saturated heterocycles. The number of nitrogens with zero attached hydrogens (tertiary/aromatic N) is 3. The van der Waals surface area contributed by atoms with Gasteiger partial charge < -0.3 is 15.8 Å². The number of benzene rings is 1. The summed E-state index contributed by atoms with van der Waals surface area (Å²) in [5.41, 5.74) is 6.53. The van der Waals surface area contributed by atoms with Crippen molar-refractivity contribution in [1.29, 1.82) is 0 Å². The van der Waals surface area contributed by atoms with Crippen LogP contribution in [0.2, 0.25) is 0 Å². The summed E-state index contributed by atoms with van der Waals surface area (Å²) in [6.45, 7) is 0.973. The first-order chi connectivity index (χ1) is 9.22. The van der Waals surface area contributed by atoms with Crippen LogP contribution in [0.15, 0.2) is 30.6 Å². The normalized spacial score (nSPS) is 10.2. The number of nitrogens with two attached hydrogens (primary N) is 1. The second-order valence-electron chi connectivity index (χ2n) is 3.85. The molecule has 0 atom stereocenters.